The SMILES string of the molecule is CCCCC(N=C1NS(=O)(=O)c2ccccc21)C(=O)Nc1cc(Cl)c(N)c(Cl)c1. The second-order valence-corrected chi connectivity index (χ2v) is 9.05. The van der Waals surface area contributed by atoms with Gasteiger partial charge in [0, 0.05) is 11.3 Å². The number of hydrogen-bond donors (Lipinski definition) is 3. The number of nitrogens with zero attached hydrogens (tertiary/aromatic N) is 1. The summed E-state index contributed by atoms with van der Waals surface area (Å²) in [7, 11) is -3.68. The molecular weight excluding hydrogens is 435 g/mol. The van der Waals surface area contributed by atoms with Gasteiger partial charge in [0.25, 0.3) is 10.0 Å². The van der Waals surface area contributed by atoms with Gasteiger partial charge in [-0.05, 0) is 30.7 Å². The third-order valence-electron chi connectivity index (χ3n) is 4.43. The third-order valence-corrected chi connectivity index (χ3v) is 6.45. The number of hydrogen-bond acceptors (Lipinski definition) is 5. The standard InChI is InChI=1S/C19H20Cl2N4O3S/c1-2-3-7-15(19(26)23-11-9-13(20)17(22)14(21)10-11)24-18-12-6-4-5-8-16(12)29(27,28)25-18/h4-6,8-10,15H,2-3,7,22H2,1H3,(H,23,26)(H,24,25). The van der Waals surface area contributed by atoms with Gasteiger partial charge in [0.1, 0.15) is 11.9 Å². The molecule has 29 heavy (non-hydrogen) atoms. The minimum atomic E-state index is -3.68. The lowest BCUT2D eigenvalue weighted by molar-refractivity contribution is -0.117. The monoisotopic (exact) mass is 454 g/mol. The number of aliphatic imine (C=N–C) groups is 1. The van der Waals surface area contributed by atoms with E-state index in [1.807, 2.05) is 6.92 Å². The van der Waals surface area contributed by atoms with Gasteiger partial charge in [-0.15, -0.1) is 0 Å². The molecule has 1 amide bonds. The molecule has 2 aromatic carbocycles. The fraction of sp³-hybridized carbons (Fsp3) is 0.263. The Morgan fingerprint density at radius 1 is 1.24 bits per heavy atom. The molecule has 0 saturated heterocycles. The topological polar surface area (TPSA) is 114 Å². The van der Waals surface area contributed by atoms with Crippen molar-refractivity contribution in [2.75, 3.05) is 11.1 Å². The molecule has 1 unspecified atom stereocenters. The molecule has 0 aromatic heterocycles. The summed E-state index contributed by atoms with van der Waals surface area (Å²) in [5, 5.41) is 3.18. The first-order chi connectivity index (χ1) is 13.7. The zero-order valence-corrected chi connectivity index (χ0v) is 17.9. The van der Waals surface area contributed by atoms with Crippen molar-refractivity contribution in [3.05, 3.63) is 52.0 Å². The van der Waals surface area contributed by atoms with Gasteiger partial charge in [0.2, 0.25) is 5.91 Å². The fourth-order valence-electron chi connectivity index (χ4n) is 2.92. The molecule has 0 aliphatic carbocycles. The van der Waals surface area contributed by atoms with Gasteiger partial charge in [-0.1, -0.05) is 55.1 Å². The Hall–Kier alpha value is -2.29. The minimum absolute atomic E-state index is 0.144. The van der Waals surface area contributed by atoms with Crippen LogP contribution in [-0.2, 0) is 14.8 Å². The Morgan fingerprint density at radius 3 is 2.55 bits per heavy atom. The maximum Gasteiger partial charge on any atom is 0.263 e. The predicted molar refractivity (Wildman–Crippen MR) is 116 cm³/mol. The van der Waals surface area contributed by atoms with Gasteiger partial charge in [0.15, 0.2) is 0 Å². The molecule has 1 aliphatic rings. The van der Waals surface area contributed by atoms with Crippen LogP contribution < -0.4 is 15.8 Å². The first-order valence-corrected chi connectivity index (χ1v) is 11.2. The highest BCUT2D eigenvalue weighted by Crippen LogP contribution is 2.31. The highest BCUT2D eigenvalue weighted by atomic mass is 35.5. The maximum absolute atomic E-state index is 12.9. The highest BCUT2D eigenvalue weighted by molar-refractivity contribution is 7.90. The van der Waals surface area contributed by atoms with Crippen molar-refractivity contribution < 1.29 is 13.2 Å². The van der Waals surface area contributed by atoms with Gasteiger partial charge in [-0.2, -0.15) is 0 Å². The molecule has 10 heteroatoms. The number of unbranched alkanes of at least 4 members (excludes halogenated alkanes) is 1. The third kappa shape index (κ3) is 4.66. The van der Waals surface area contributed by atoms with Crippen LogP contribution in [0.15, 0.2) is 46.3 Å². The molecule has 2 aromatic rings. The van der Waals surface area contributed by atoms with Gasteiger partial charge in [-0.25, -0.2) is 8.42 Å². The van der Waals surface area contributed by atoms with Crippen molar-refractivity contribution in [3.63, 3.8) is 0 Å². The summed E-state index contributed by atoms with van der Waals surface area (Å²) in [5.41, 5.74) is 6.78. The minimum Gasteiger partial charge on any atom is -0.396 e. The molecule has 1 aliphatic heterocycles. The summed E-state index contributed by atoms with van der Waals surface area (Å²) in [6, 6.07) is 8.71. The van der Waals surface area contributed by atoms with Crippen LogP contribution in [0.5, 0.6) is 0 Å². The highest BCUT2D eigenvalue weighted by Gasteiger charge is 2.31. The van der Waals surface area contributed by atoms with Crippen LogP contribution >= 0.6 is 23.2 Å². The van der Waals surface area contributed by atoms with Crippen molar-refractivity contribution in [1.29, 1.82) is 0 Å². The number of rotatable bonds is 6. The number of nitrogens with one attached hydrogen (secondary N) is 2. The van der Waals surface area contributed by atoms with E-state index in [0.717, 1.165) is 12.8 Å². The Labute approximate surface area is 179 Å². The van der Waals surface area contributed by atoms with Crippen molar-refractivity contribution in [3.8, 4) is 0 Å². The summed E-state index contributed by atoms with van der Waals surface area (Å²) in [4.78, 5) is 17.5. The first kappa shape index (κ1) is 21.4. The van der Waals surface area contributed by atoms with E-state index in [4.69, 9.17) is 28.9 Å². The zero-order valence-electron chi connectivity index (χ0n) is 15.6. The molecule has 1 atom stereocenters. The molecule has 3 rings (SSSR count). The largest absolute Gasteiger partial charge is 0.396 e. The van der Waals surface area contributed by atoms with Gasteiger partial charge in [0.05, 0.1) is 20.6 Å². The Kier molecular flexibility index (Phi) is 6.36. The molecule has 0 saturated carbocycles. The van der Waals surface area contributed by atoms with Crippen molar-refractivity contribution in [1.82, 2.24) is 4.72 Å². The fourth-order valence-corrected chi connectivity index (χ4v) is 4.65. The quantitative estimate of drug-likeness (QED) is 0.575. The predicted octanol–water partition coefficient (Wildman–Crippen LogP) is 3.81. The number of sulfonamides is 1. The molecule has 0 radical (unpaired) electrons. The molecule has 0 bridgehead atoms. The molecule has 0 fully saturated rings. The summed E-state index contributed by atoms with van der Waals surface area (Å²) < 4.78 is 27.0. The smallest absolute Gasteiger partial charge is 0.263 e. The van der Waals surface area contributed by atoms with E-state index in [2.05, 4.69) is 15.0 Å². The number of fused-ring (bicyclic) bond motifs is 1. The van der Waals surface area contributed by atoms with Crippen molar-refractivity contribution in [2.24, 2.45) is 4.99 Å². The molecule has 1 heterocycles. The van der Waals surface area contributed by atoms with Crippen LogP contribution in [0.4, 0.5) is 11.4 Å². The van der Waals surface area contributed by atoms with Gasteiger partial charge >= 0.3 is 0 Å². The second-order valence-electron chi connectivity index (χ2n) is 6.58. The summed E-state index contributed by atoms with van der Waals surface area (Å²) in [6.07, 6.45) is 2.05. The average molecular weight is 455 g/mol. The van der Waals surface area contributed by atoms with E-state index < -0.39 is 22.0 Å². The van der Waals surface area contributed by atoms with Crippen LogP contribution in [-0.4, -0.2) is 26.2 Å². The lowest BCUT2D eigenvalue weighted by Gasteiger charge is -2.15. The van der Waals surface area contributed by atoms with Crippen molar-refractivity contribution in [2.45, 2.75) is 37.1 Å². The van der Waals surface area contributed by atoms with E-state index >= 15 is 0 Å². The van der Waals surface area contributed by atoms with E-state index in [1.165, 1.54) is 18.2 Å². The van der Waals surface area contributed by atoms with Gasteiger partial charge < -0.3 is 11.1 Å². The summed E-state index contributed by atoms with van der Waals surface area (Å²) in [6.45, 7) is 2.00. The summed E-state index contributed by atoms with van der Waals surface area (Å²) in [5.74, 6) is -0.239. The zero-order chi connectivity index (χ0) is 21.2. The van der Waals surface area contributed by atoms with E-state index in [1.54, 1.807) is 18.2 Å². The van der Waals surface area contributed by atoms with Crippen LogP contribution in [0.25, 0.3) is 0 Å². The summed E-state index contributed by atoms with van der Waals surface area (Å²) >= 11 is 12.1. The number of benzene rings is 2. The molecule has 4 N–H and O–H groups in total. The van der Waals surface area contributed by atoms with Crippen LogP contribution in [0.3, 0.4) is 0 Å². The lowest BCUT2D eigenvalue weighted by Crippen LogP contribution is -2.30. The number of amidine groups is 1. The lowest BCUT2D eigenvalue weighted by atomic mass is 10.1. The van der Waals surface area contributed by atoms with Crippen LogP contribution in [0, 0.1) is 0 Å². The molecular formula is C19H20Cl2N4O3S. The second kappa shape index (κ2) is 8.61. The molecule has 7 nitrogen and oxygen atoms in total. The normalized spacial score (nSPS) is 16.9. The number of carbonyl (C=O) groups excluding carboxylic acids is 1. The maximum atomic E-state index is 12.9. The van der Waals surface area contributed by atoms with Crippen LogP contribution in [0.2, 0.25) is 10.0 Å². The Morgan fingerprint density at radius 2 is 1.90 bits per heavy atom. The van der Waals surface area contributed by atoms with E-state index in [9.17, 15) is 13.2 Å². The Bertz CT molecular complexity index is 1060. The number of halogens is 2. The van der Waals surface area contributed by atoms with Crippen LogP contribution in [0.1, 0.15) is 31.7 Å². The average Bonchev–Trinajstić information content (AvgIpc) is 2.93. The molecule has 0 spiro atoms. The van der Waals surface area contributed by atoms with E-state index in [-0.39, 0.29) is 26.5 Å². The molecule has 154 valence electrons. The van der Waals surface area contributed by atoms with Crippen molar-refractivity contribution >= 4 is 56.3 Å². The Balaban J connectivity index is 1.91. The number of nitrogen functional groups attached to an aromatic ring is 1. The number of anilines is 2. The number of carbonyl (C=O) groups is 1. The van der Waals surface area contributed by atoms with E-state index in [0.29, 0.717) is 17.7 Å². The first-order valence-electron chi connectivity index (χ1n) is 8.98. The number of nitrogens with two attached hydrogens (primary N) is 1. The van der Waals surface area contributed by atoms with Gasteiger partial charge in [-0.3, -0.25) is 14.5 Å². The number of amides is 1.